The summed E-state index contributed by atoms with van der Waals surface area (Å²) in [5, 5.41) is 0. The molecule has 4 atom stereocenters. The fourth-order valence-corrected chi connectivity index (χ4v) is 8.97. The van der Waals surface area contributed by atoms with Gasteiger partial charge in [0, 0.05) is 45.9 Å². The van der Waals surface area contributed by atoms with E-state index in [-0.39, 0.29) is 36.1 Å². The molecule has 0 unspecified atom stereocenters. The summed E-state index contributed by atoms with van der Waals surface area (Å²) in [6.07, 6.45) is 2.45. The maximum atomic E-state index is 2.59. The second-order valence-corrected chi connectivity index (χ2v) is 16.6. The van der Waals surface area contributed by atoms with Crippen molar-refractivity contribution in [2.75, 3.05) is 18.0 Å². The molecule has 6 aromatic rings. The Bertz CT molecular complexity index is 2240. The molecule has 0 bridgehead atoms. The molecule has 7 rings (SSSR count). The largest absolute Gasteiger partial charge is 1.00 e. The predicted octanol–water partition coefficient (Wildman–Crippen LogP) is 10.3. The van der Waals surface area contributed by atoms with Crippen molar-refractivity contribution in [3.8, 4) is 0 Å². The van der Waals surface area contributed by atoms with Crippen LogP contribution in [0.2, 0.25) is 0 Å². The van der Waals surface area contributed by atoms with E-state index in [1.54, 1.807) is 0 Å². The van der Waals surface area contributed by atoms with E-state index in [2.05, 4.69) is 206 Å². The third-order valence-corrected chi connectivity index (χ3v) is 12.1. The van der Waals surface area contributed by atoms with Crippen molar-refractivity contribution in [2.24, 2.45) is 0 Å². The Morgan fingerprint density at radius 2 is 0.750 bits per heavy atom. The second-order valence-electron chi connectivity index (χ2n) is 16.6. The number of anilines is 1. The fraction of sp³-hybridized carbons (Fsp3) is 0.302. The van der Waals surface area contributed by atoms with Crippen LogP contribution in [0.5, 0.6) is 0 Å². The van der Waals surface area contributed by atoms with E-state index in [1.807, 2.05) is 0 Å². The molecule has 2 nitrogen and oxygen atoms in total. The molecular weight excluding hydrogens is 700 g/mol. The van der Waals surface area contributed by atoms with Crippen LogP contribution in [0.1, 0.15) is 129 Å². The van der Waals surface area contributed by atoms with E-state index in [1.165, 1.54) is 89.3 Å². The Morgan fingerprint density at radius 1 is 0.429 bits per heavy atom. The standard InChI is InChI=1S/C53H59N2.ClH/c1-34-15-11-19-44(25-34)40(7)48-29-38(5)30-49(41(8)45-20-12-16-35(2)26-45)52(48)54-23-24-55(33-54)53-50(42(9)46-21-13-17-36(3)27-46)31-39(6)32-51(53)43(10)47-22-14-18-37(4)28-47;/h11-22,25-33,40-43H,23-24H2,1-10H3;1H/q+1;/p-1/t40-,41-,42-,43-;/m1./s1. The van der Waals surface area contributed by atoms with E-state index in [0.717, 1.165) is 13.1 Å². The van der Waals surface area contributed by atoms with Crippen molar-refractivity contribution >= 4 is 17.7 Å². The van der Waals surface area contributed by atoms with Crippen molar-refractivity contribution in [1.82, 2.24) is 0 Å². The van der Waals surface area contributed by atoms with E-state index in [9.17, 15) is 0 Å². The normalized spacial score (nSPS) is 14.8. The quantitative estimate of drug-likeness (QED) is 0.126. The van der Waals surface area contributed by atoms with E-state index < -0.39 is 0 Å². The molecular formula is C53H59ClN2. The van der Waals surface area contributed by atoms with Gasteiger partial charge in [0.2, 0.25) is 6.34 Å². The zero-order chi connectivity index (χ0) is 39.0. The number of aryl methyl sites for hydroxylation is 6. The van der Waals surface area contributed by atoms with Crippen LogP contribution in [-0.2, 0) is 0 Å². The van der Waals surface area contributed by atoms with Gasteiger partial charge in [-0.1, -0.05) is 182 Å². The summed E-state index contributed by atoms with van der Waals surface area (Å²) < 4.78 is 2.59. The van der Waals surface area contributed by atoms with Crippen molar-refractivity contribution in [3.63, 3.8) is 0 Å². The lowest BCUT2D eigenvalue weighted by atomic mass is 9.83. The van der Waals surface area contributed by atoms with E-state index >= 15 is 0 Å². The Hall–Kier alpha value is -4.92. The highest BCUT2D eigenvalue weighted by Crippen LogP contribution is 2.44. The first-order valence-electron chi connectivity index (χ1n) is 20.3. The Kier molecular flexibility index (Phi) is 12.4. The lowest BCUT2D eigenvalue weighted by molar-refractivity contribution is -0.425. The Morgan fingerprint density at radius 3 is 1.09 bits per heavy atom. The van der Waals surface area contributed by atoms with Crippen LogP contribution in [0.3, 0.4) is 0 Å². The predicted molar refractivity (Wildman–Crippen MR) is 235 cm³/mol. The summed E-state index contributed by atoms with van der Waals surface area (Å²) in [6.45, 7) is 24.8. The van der Waals surface area contributed by atoms with Crippen LogP contribution in [-0.4, -0.2) is 24.0 Å². The third kappa shape index (κ3) is 8.42. The lowest BCUT2D eigenvalue weighted by Crippen LogP contribution is -3.00. The molecule has 0 radical (unpaired) electrons. The SMILES string of the molecule is Cc1cccc([C@@H](C)c2cc(C)cc([C@H](C)c3cccc(C)c3)c2N2C=[N+](c3c([C@H](C)c4cccc(C)c4)cc(C)cc3[C@H](C)c3cccc(C)c3)CC2)c1.[Cl-]. The third-order valence-electron chi connectivity index (χ3n) is 12.1. The van der Waals surface area contributed by atoms with Gasteiger partial charge < -0.3 is 12.4 Å². The van der Waals surface area contributed by atoms with Crippen molar-refractivity contribution in [2.45, 2.75) is 92.9 Å². The molecule has 0 saturated heterocycles. The number of benzene rings is 6. The molecule has 3 heteroatoms. The first-order valence-corrected chi connectivity index (χ1v) is 20.3. The maximum absolute atomic E-state index is 2.59. The van der Waals surface area contributed by atoms with Gasteiger partial charge in [0.15, 0.2) is 0 Å². The van der Waals surface area contributed by atoms with Gasteiger partial charge in [-0.2, -0.15) is 0 Å². The topological polar surface area (TPSA) is 6.25 Å². The summed E-state index contributed by atoms with van der Waals surface area (Å²) in [6, 6.07) is 46.1. The highest BCUT2D eigenvalue weighted by atomic mass is 35.5. The number of hydrogen-bond donors (Lipinski definition) is 0. The monoisotopic (exact) mass is 758 g/mol. The molecule has 0 spiro atoms. The Balaban J connectivity index is 0.00000532. The van der Waals surface area contributed by atoms with Crippen molar-refractivity contribution in [3.05, 3.63) is 199 Å². The summed E-state index contributed by atoms with van der Waals surface area (Å²) in [7, 11) is 0. The minimum atomic E-state index is 0. The highest BCUT2D eigenvalue weighted by Gasteiger charge is 2.34. The first-order chi connectivity index (χ1) is 26.4. The summed E-state index contributed by atoms with van der Waals surface area (Å²) in [5.74, 6) is 0.922. The van der Waals surface area contributed by atoms with Crippen LogP contribution < -0.4 is 17.3 Å². The van der Waals surface area contributed by atoms with Gasteiger partial charge in [-0.25, -0.2) is 9.48 Å². The van der Waals surface area contributed by atoms with Crippen LogP contribution in [0.15, 0.2) is 121 Å². The van der Waals surface area contributed by atoms with Crippen molar-refractivity contribution < 1.29 is 17.0 Å². The molecule has 0 saturated carbocycles. The molecule has 0 aromatic heterocycles. The average Bonchev–Trinajstić information content (AvgIpc) is 3.65. The molecule has 0 N–H and O–H groups in total. The minimum absolute atomic E-state index is 0. The van der Waals surface area contributed by atoms with Crippen LogP contribution in [0.4, 0.5) is 11.4 Å². The van der Waals surface area contributed by atoms with Gasteiger partial charge in [-0.05, 0) is 63.8 Å². The van der Waals surface area contributed by atoms with Gasteiger partial charge in [-0.15, -0.1) is 0 Å². The zero-order valence-corrected chi connectivity index (χ0v) is 35.9. The molecule has 1 heterocycles. The van der Waals surface area contributed by atoms with Crippen molar-refractivity contribution in [1.29, 1.82) is 0 Å². The lowest BCUT2D eigenvalue weighted by Gasteiger charge is -2.25. The van der Waals surface area contributed by atoms with Crippen LogP contribution in [0.25, 0.3) is 0 Å². The number of hydrogen-bond acceptors (Lipinski definition) is 1. The van der Waals surface area contributed by atoms with Gasteiger partial charge in [0.25, 0.3) is 0 Å². The molecule has 1 aliphatic rings. The number of nitrogens with zero attached hydrogens (tertiary/aromatic N) is 2. The summed E-state index contributed by atoms with van der Waals surface area (Å²) in [4.78, 5) is 2.59. The zero-order valence-electron chi connectivity index (χ0n) is 35.1. The molecule has 1 aliphatic heterocycles. The molecule has 288 valence electrons. The molecule has 6 aromatic carbocycles. The van der Waals surface area contributed by atoms with Gasteiger partial charge in [-0.3, -0.25) is 0 Å². The van der Waals surface area contributed by atoms with Gasteiger partial charge in [0.1, 0.15) is 24.5 Å². The minimum Gasteiger partial charge on any atom is -1.00 e. The molecule has 0 amide bonds. The molecule has 0 fully saturated rings. The average molecular weight is 760 g/mol. The van der Waals surface area contributed by atoms with E-state index in [4.69, 9.17) is 0 Å². The highest BCUT2D eigenvalue weighted by molar-refractivity contribution is 5.84. The fourth-order valence-electron chi connectivity index (χ4n) is 8.97. The van der Waals surface area contributed by atoms with E-state index in [0.29, 0.717) is 0 Å². The number of rotatable bonds is 10. The molecule has 56 heavy (non-hydrogen) atoms. The summed E-state index contributed by atoms with van der Waals surface area (Å²) >= 11 is 0. The van der Waals surface area contributed by atoms with Gasteiger partial charge in [0.05, 0.1) is 0 Å². The van der Waals surface area contributed by atoms with Crippen LogP contribution in [0, 0.1) is 41.5 Å². The smallest absolute Gasteiger partial charge is 0.244 e. The first kappa shape index (κ1) is 40.7. The van der Waals surface area contributed by atoms with Gasteiger partial charge >= 0.3 is 0 Å². The maximum Gasteiger partial charge on any atom is 0.244 e. The summed E-state index contributed by atoms with van der Waals surface area (Å²) in [5.41, 5.74) is 21.5. The van der Waals surface area contributed by atoms with Crippen LogP contribution >= 0.6 is 0 Å². The number of halogens is 1. The Labute approximate surface area is 343 Å². The molecule has 0 aliphatic carbocycles. The second kappa shape index (κ2) is 17.1.